The van der Waals surface area contributed by atoms with Gasteiger partial charge in [-0.25, -0.2) is 0 Å². The highest BCUT2D eigenvalue weighted by molar-refractivity contribution is 5.89. The Morgan fingerprint density at radius 2 is 1.46 bits per heavy atom. The van der Waals surface area contributed by atoms with Crippen LogP contribution in [0, 0.1) is 10.1 Å². The number of hydrogen-bond acceptors (Lipinski definition) is 4. The first kappa shape index (κ1) is 26.1. The van der Waals surface area contributed by atoms with Crippen LogP contribution in [0.15, 0.2) is 84.9 Å². The van der Waals surface area contributed by atoms with Crippen molar-refractivity contribution in [1.29, 1.82) is 0 Å². The number of nitrogens with one attached hydrogen (secondary N) is 1. The van der Waals surface area contributed by atoms with E-state index in [4.69, 9.17) is 0 Å². The first-order valence-electron chi connectivity index (χ1n) is 12.9. The molecule has 192 valence electrons. The summed E-state index contributed by atoms with van der Waals surface area (Å²) < 4.78 is 0. The summed E-state index contributed by atoms with van der Waals surface area (Å²) in [5.74, 6) is -0.500. The summed E-state index contributed by atoms with van der Waals surface area (Å²) in [5.41, 5.74) is 2.08. The molecule has 3 aromatic rings. The minimum Gasteiger partial charge on any atom is -0.352 e. The van der Waals surface area contributed by atoms with Crippen LogP contribution in [0.4, 0.5) is 5.69 Å². The van der Waals surface area contributed by atoms with Crippen molar-refractivity contribution in [3.05, 3.63) is 112 Å². The Balaban J connectivity index is 1.67. The van der Waals surface area contributed by atoms with E-state index in [1.807, 2.05) is 60.7 Å². The maximum Gasteiger partial charge on any atom is 0.273 e. The van der Waals surface area contributed by atoms with Gasteiger partial charge in [-0.1, -0.05) is 98.1 Å². The smallest absolute Gasteiger partial charge is 0.273 e. The monoisotopic (exact) mass is 499 g/mol. The summed E-state index contributed by atoms with van der Waals surface area (Å²) in [7, 11) is 0. The molecular weight excluding hydrogens is 466 g/mol. The van der Waals surface area contributed by atoms with Crippen LogP contribution in [0.2, 0.25) is 0 Å². The molecule has 3 aromatic carbocycles. The molecule has 0 radical (unpaired) electrons. The number of carbonyl (C=O) groups excluding carboxylic acids is 2. The highest BCUT2D eigenvalue weighted by atomic mass is 16.6. The molecule has 1 aliphatic rings. The van der Waals surface area contributed by atoms with E-state index in [2.05, 4.69) is 5.32 Å². The van der Waals surface area contributed by atoms with Crippen LogP contribution in [0.1, 0.15) is 48.8 Å². The molecule has 1 aliphatic carbocycles. The molecule has 1 saturated carbocycles. The minimum absolute atomic E-state index is 0.0956. The Kier molecular flexibility index (Phi) is 9.03. The Bertz CT molecular complexity index is 1190. The quantitative estimate of drug-likeness (QED) is 0.306. The largest absolute Gasteiger partial charge is 0.352 e. The van der Waals surface area contributed by atoms with Gasteiger partial charge >= 0.3 is 0 Å². The van der Waals surface area contributed by atoms with Crippen LogP contribution in [0.25, 0.3) is 0 Å². The molecule has 37 heavy (non-hydrogen) atoms. The lowest BCUT2D eigenvalue weighted by Crippen LogP contribution is -2.53. The van der Waals surface area contributed by atoms with E-state index in [0.29, 0.717) is 12.0 Å². The van der Waals surface area contributed by atoms with E-state index in [-0.39, 0.29) is 36.5 Å². The average Bonchev–Trinajstić information content (AvgIpc) is 2.92. The third kappa shape index (κ3) is 7.26. The molecule has 0 bridgehead atoms. The number of carbonyl (C=O) groups is 2. The molecule has 1 N–H and O–H groups in total. The third-order valence-electron chi connectivity index (χ3n) is 6.95. The molecule has 1 fully saturated rings. The van der Waals surface area contributed by atoms with Gasteiger partial charge in [0.2, 0.25) is 11.8 Å². The highest BCUT2D eigenvalue weighted by Crippen LogP contribution is 2.23. The number of nitrogens with zero attached hydrogens (tertiary/aromatic N) is 2. The van der Waals surface area contributed by atoms with Crippen molar-refractivity contribution < 1.29 is 14.5 Å². The lowest BCUT2D eigenvalue weighted by atomic mass is 9.94. The van der Waals surface area contributed by atoms with Gasteiger partial charge in [-0.05, 0) is 24.0 Å². The zero-order chi connectivity index (χ0) is 26.0. The Hall–Kier alpha value is -4.00. The first-order valence-corrected chi connectivity index (χ1v) is 12.9. The molecule has 4 rings (SSSR count). The van der Waals surface area contributed by atoms with Crippen LogP contribution in [0.3, 0.4) is 0 Å². The zero-order valence-electron chi connectivity index (χ0n) is 20.9. The number of para-hydroxylation sites is 1. The Morgan fingerprint density at radius 1 is 0.865 bits per heavy atom. The molecule has 0 heterocycles. The fourth-order valence-corrected chi connectivity index (χ4v) is 4.98. The molecule has 0 saturated heterocycles. The van der Waals surface area contributed by atoms with Crippen LogP contribution in [0.5, 0.6) is 0 Å². The number of benzene rings is 3. The van der Waals surface area contributed by atoms with Gasteiger partial charge < -0.3 is 10.2 Å². The molecule has 1 atom stereocenters. The first-order chi connectivity index (χ1) is 18.0. The van der Waals surface area contributed by atoms with Gasteiger partial charge in [0, 0.05) is 30.6 Å². The van der Waals surface area contributed by atoms with E-state index in [0.717, 1.165) is 36.8 Å². The number of rotatable bonds is 10. The Morgan fingerprint density at radius 3 is 2.11 bits per heavy atom. The summed E-state index contributed by atoms with van der Waals surface area (Å²) in [6.45, 7) is 0.232. The van der Waals surface area contributed by atoms with E-state index in [1.165, 1.54) is 12.5 Å². The fourth-order valence-electron chi connectivity index (χ4n) is 4.98. The summed E-state index contributed by atoms with van der Waals surface area (Å²) in [5, 5.41) is 14.8. The predicted molar refractivity (Wildman–Crippen MR) is 143 cm³/mol. The second-order valence-corrected chi connectivity index (χ2v) is 9.62. The standard InChI is InChI=1S/C30H33N3O4/c34-29(21-25-16-10-11-19-27(25)33(36)37)32(22-24-14-6-2-7-15-24)28(20-23-12-4-1-5-13-23)30(35)31-26-17-8-3-9-18-26/h1-2,4-7,10-16,19,26,28H,3,8-9,17-18,20-22H2,(H,31,35)/t28-/m0/s1. The second-order valence-electron chi connectivity index (χ2n) is 9.62. The van der Waals surface area contributed by atoms with E-state index < -0.39 is 11.0 Å². The van der Waals surface area contributed by atoms with Crippen LogP contribution >= 0.6 is 0 Å². The molecule has 2 amide bonds. The maximum atomic E-state index is 13.8. The topological polar surface area (TPSA) is 92.6 Å². The lowest BCUT2D eigenvalue weighted by Gasteiger charge is -2.33. The molecule has 7 nitrogen and oxygen atoms in total. The van der Waals surface area contributed by atoms with Crippen molar-refractivity contribution in [1.82, 2.24) is 10.2 Å². The maximum absolute atomic E-state index is 13.8. The van der Waals surface area contributed by atoms with Crippen molar-refractivity contribution in [3.63, 3.8) is 0 Å². The number of hydrogen-bond donors (Lipinski definition) is 1. The second kappa shape index (κ2) is 12.8. The van der Waals surface area contributed by atoms with Gasteiger partial charge in [0.1, 0.15) is 6.04 Å². The van der Waals surface area contributed by atoms with E-state index in [9.17, 15) is 19.7 Å². The summed E-state index contributed by atoms with van der Waals surface area (Å²) >= 11 is 0. The molecule has 7 heteroatoms. The fraction of sp³-hybridized carbons (Fsp3) is 0.333. The van der Waals surface area contributed by atoms with Gasteiger partial charge in [0.15, 0.2) is 0 Å². The average molecular weight is 500 g/mol. The normalized spacial score (nSPS) is 14.5. The number of nitro benzene ring substituents is 1. The van der Waals surface area contributed by atoms with E-state index in [1.54, 1.807) is 23.1 Å². The van der Waals surface area contributed by atoms with Crippen LogP contribution < -0.4 is 5.32 Å². The zero-order valence-corrected chi connectivity index (χ0v) is 20.9. The van der Waals surface area contributed by atoms with Gasteiger partial charge in [0.25, 0.3) is 5.69 Å². The predicted octanol–water partition coefficient (Wildman–Crippen LogP) is 5.23. The molecule has 0 spiro atoms. The summed E-state index contributed by atoms with van der Waals surface area (Å²) in [4.78, 5) is 40.3. The summed E-state index contributed by atoms with van der Waals surface area (Å²) in [6.07, 6.45) is 5.41. The van der Waals surface area contributed by atoms with Crippen LogP contribution in [-0.2, 0) is 29.0 Å². The van der Waals surface area contributed by atoms with Gasteiger partial charge in [-0.3, -0.25) is 19.7 Å². The highest BCUT2D eigenvalue weighted by Gasteiger charge is 2.32. The van der Waals surface area contributed by atoms with Gasteiger partial charge in [-0.15, -0.1) is 0 Å². The van der Waals surface area contributed by atoms with Crippen molar-refractivity contribution in [3.8, 4) is 0 Å². The van der Waals surface area contributed by atoms with E-state index >= 15 is 0 Å². The SMILES string of the molecule is O=C(NC1CCCCC1)[C@H](Cc1ccccc1)N(Cc1ccccc1)C(=O)Cc1ccccc1[N+](=O)[O-]. The molecule has 0 aromatic heterocycles. The molecule has 0 aliphatic heterocycles. The van der Waals surface area contributed by atoms with Crippen molar-refractivity contribution >= 4 is 17.5 Å². The van der Waals surface area contributed by atoms with Crippen molar-refractivity contribution in [2.75, 3.05) is 0 Å². The van der Waals surface area contributed by atoms with Crippen molar-refractivity contribution in [2.45, 2.75) is 63.6 Å². The number of amides is 2. The lowest BCUT2D eigenvalue weighted by molar-refractivity contribution is -0.385. The van der Waals surface area contributed by atoms with Gasteiger partial charge in [-0.2, -0.15) is 0 Å². The van der Waals surface area contributed by atoms with Crippen LogP contribution in [-0.4, -0.2) is 33.7 Å². The van der Waals surface area contributed by atoms with Crippen molar-refractivity contribution in [2.24, 2.45) is 0 Å². The third-order valence-corrected chi connectivity index (χ3v) is 6.95. The molecular formula is C30H33N3O4. The molecule has 0 unspecified atom stereocenters. The Labute approximate surface area is 217 Å². The minimum atomic E-state index is -0.750. The van der Waals surface area contributed by atoms with Gasteiger partial charge in [0.05, 0.1) is 11.3 Å². The summed E-state index contributed by atoms with van der Waals surface area (Å²) in [6, 6.07) is 24.8. The number of nitro groups is 1.